The highest BCUT2D eigenvalue weighted by Gasteiger charge is 2.15. The number of ether oxygens (including phenoxy) is 1. The fourth-order valence-electron chi connectivity index (χ4n) is 2.48. The van der Waals surface area contributed by atoms with E-state index in [1.54, 1.807) is 7.11 Å². The van der Waals surface area contributed by atoms with Crippen LogP contribution in [0, 0.1) is 0 Å². The molecule has 0 radical (unpaired) electrons. The van der Waals surface area contributed by atoms with Crippen LogP contribution in [-0.2, 0) is 0 Å². The Morgan fingerprint density at radius 2 is 2.22 bits per heavy atom. The number of halogens is 1. The normalized spacial score (nSPS) is 17.2. The molecule has 2 rings (SSSR count). The average molecular weight is 266 g/mol. The number of benzene rings is 1. The van der Waals surface area contributed by atoms with Crippen LogP contribution in [0.1, 0.15) is 43.7 Å². The van der Waals surface area contributed by atoms with Gasteiger partial charge in [-0.05, 0) is 50.3 Å². The van der Waals surface area contributed by atoms with E-state index in [1.807, 2.05) is 18.2 Å². The first-order valence-corrected chi connectivity index (χ1v) is 6.85. The number of nitrogens with two attached hydrogens (primary N) is 1. The van der Waals surface area contributed by atoms with Crippen molar-refractivity contribution in [2.75, 3.05) is 7.11 Å². The lowest BCUT2D eigenvalue weighted by Crippen LogP contribution is -2.13. The predicted molar refractivity (Wildman–Crippen MR) is 76.1 cm³/mol. The van der Waals surface area contributed by atoms with Gasteiger partial charge in [0.15, 0.2) is 0 Å². The molecule has 0 aliphatic heterocycles. The van der Waals surface area contributed by atoms with Gasteiger partial charge in [0.1, 0.15) is 5.75 Å². The van der Waals surface area contributed by atoms with Crippen molar-refractivity contribution in [1.29, 1.82) is 0 Å². The van der Waals surface area contributed by atoms with E-state index < -0.39 is 0 Å². The van der Waals surface area contributed by atoms with Gasteiger partial charge in [0.2, 0.25) is 0 Å². The van der Waals surface area contributed by atoms with E-state index in [0.717, 1.165) is 17.7 Å². The molecule has 1 atom stereocenters. The summed E-state index contributed by atoms with van der Waals surface area (Å²) >= 11 is 6.03. The molecule has 1 aromatic carbocycles. The second kappa shape index (κ2) is 6.26. The maximum absolute atomic E-state index is 6.29. The second-order valence-electron chi connectivity index (χ2n) is 4.81. The third-order valence-electron chi connectivity index (χ3n) is 3.46. The van der Waals surface area contributed by atoms with Gasteiger partial charge < -0.3 is 10.5 Å². The fraction of sp³-hybridized carbons (Fsp3) is 0.467. The molecule has 1 aromatic rings. The first-order chi connectivity index (χ1) is 8.70. The molecular weight excluding hydrogens is 246 g/mol. The highest BCUT2D eigenvalue weighted by Crippen LogP contribution is 2.32. The number of allylic oxidation sites excluding steroid dienone is 1. The van der Waals surface area contributed by atoms with Crippen LogP contribution >= 0.6 is 11.6 Å². The van der Waals surface area contributed by atoms with E-state index >= 15 is 0 Å². The molecular formula is C15H20ClNO. The van der Waals surface area contributed by atoms with E-state index in [4.69, 9.17) is 22.1 Å². The summed E-state index contributed by atoms with van der Waals surface area (Å²) in [6.45, 7) is 0. The molecule has 1 unspecified atom stereocenters. The van der Waals surface area contributed by atoms with Crippen LogP contribution in [-0.4, -0.2) is 7.11 Å². The summed E-state index contributed by atoms with van der Waals surface area (Å²) in [5, 5.41) is 0.707. The van der Waals surface area contributed by atoms with Crippen molar-refractivity contribution in [3.8, 4) is 5.75 Å². The molecule has 0 fully saturated rings. The van der Waals surface area contributed by atoms with Gasteiger partial charge in [-0.25, -0.2) is 0 Å². The second-order valence-corrected chi connectivity index (χ2v) is 5.24. The molecule has 0 amide bonds. The average Bonchev–Trinajstić information content (AvgIpc) is 2.40. The minimum Gasteiger partial charge on any atom is -0.496 e. The molecule has 18 heavy (non-hydrogen) atoms. The summed E-state index contributed by atoms with van der Waals surface area (Å²) in [7, 11) is 1.67. The number of rotatable bonds is 4. The monoisotopic (exact) mass is 265 g/mol. The molecule has 0 aromatic heterocycles. The maximum Gasteiger partial charge on any atom is 0.123 e. The van der Waals surface area contributed by atoms with E-state index in [0.29, 0.717) is 5.02 Å². The summed E-state index contributed by atoms with van der Waals surface area (Å²) in [5.74, 6) is 0.823. The Morgan fingerprint density at radius 3 is 2.89 bits per heavy atom. The minimum atomic E-state index is -0.0389. The Labute approximate surface area is 114 Å². The lowest BCUT2D eigenvalue weighted by atomic mass is 9.91. The quantitative estimate of drug-likeness (QED) is 0.827. The third kappa shape index (κ3) is 3.27. The summed E-state index contributed by atoms with van der Waals surface area (Å²) < 4.78 is 5.35. The zero-order valence-corrected chi connectivity index (χ0v) is 11.5. The summed E-state index contributed by atoms with van der Waals surface area (Å²) in [6.07, 6.45) is 8.19. The van der Waals surface area contributed by atoms with Crippen LogP contribution in [0.3, 0.4) is 0 Å². The number of hydrogen-bond acceptors (Lipinski definition) is 2. The van der Waals surface area contributed by atoms with Gasteiger partial charge in [0.05, 0.1) is 7.11 Å². The molecule has 0 saturated heterocycles. The van der Waals surface area contributed by atoms with Crippen molar-refractivity contribution >= 4 is 11.6 Å². The smallest absolute Gasteiger partial charge is 0.123 e. The van der Waals surface area contributed by atoms with Gasteiger partial charge in [-0.3, -0.25) is 0 Å². The van der Waals surface area contributed by atoms with Crippen LogP contribution in [0.2, 0.25) is 5.02 Å². The Morgan fingerprint density at radius 1 is 1.39 bits per heavy atom. The standard InChI is InChI=1S/C15H20ClNO/c1-18-15-8-7-12(16)10-13(15)14(17)9-11-5-3-2-4-6-11/h5,7-8,10,14H,2-4,6,9,17H2,1H3. The van der Waals surface area contributed by atoms with Crippen molar-refractivity contribution in [1.82, 2.24) is 0 Å². The third-order valence-corrected chi connectivity index (χ3v) is 3.69. The van der Waals surface area contributed by atoms with Crippen LogP contribution in [0.15, 0.2) is 29.8 Å². The van der Waals surface area contributed by atoms with Crippen LogP contribution in [0.4, 0.5) is 0 Å². The van der Waals surface area contributed by atoms with Gasteiger partial charge in [0, 0.05) is 16.6 Å². The Balaban J connectivity index is 2.14. The van der Waals surface area contributed by atoms with Crippen LogP contribution < -0.4 is 10.5 Å². The molecule has 1 aliphatic carbocycles. The van der Waals surface area contributed by atoms with Gasteiger partial charge in [0.25, 0.3) is 0 Å². The van der Waals surface area contributed by atoms with Crippen LogP contribution in [0.25, 0.3) is 0 Å². The molecule has 0 spiro atoms. The molecule has 3 heteroatoms. The predicted octanol–water partition coefficient (Wildman–Crippen LogP) is 4.24. The highest BCUT2D eigenvalue weighted by atomic mass is 35.5. The Kier molecular flexibility index (Phi) is 4.67. The lowest BCUT2D eigenvalue weighted by molar-refractivity contribution is 0.405. The molecule has 0 heterocycles. The maximum atomic E-state index is 6.29. The summed E-state index contributed by atoms with van der Waals surface area (Å²) in [6, 6.07) is 5.58. The fourth-order valence-corrected chi connectivity index (χ4v) is 2.66. The highest BCUT2D eigenvalue weighted by molar-refractivity contribution is 6.30. The van der Waals surface area contributed by atoms with Crippen molar-refractivity contribution in [2.45, 2.75) is 38.1 Å². The molecule has 1 aliphatic rings. The van der Waals surface area contributed by atoms with Crippen molar-refractivity contribution in [2.24, 2.45) is 5.73 Å². The topological polar surface area (TPSA) is 35.2 Å². The van der Waals surface area contributed by atoms with Gasteiger partial charge in [-0.1, -0.05) is 23.3 Å². The van der Waals surface area contributed by atoms with E-state index in [-0.39, 0.29) is 6.04 Å². The van der Waals surface area contributed by atoms with Crippen molar-refractivity contribution in [3.63, 3.8) is 0 Å². The van der Waals surface area contributed by atoms with Crippen molar-refractivity contribution < 1.29 is 4.74 Å². The summed E-state index contributed by atoms with van der Waals surface area (Å²) in [4.78, 5) is 0. The van der Waals surface area contributed by atoms with E-state index in [9.17, 15) is 0 Å². The van der Waals surface area contributed by atoms with Gasteiger partial charge in [-0.15, -0.1) is 0 Å². The lowest BCUT2D eigenvalue weighted by Gasteiger charge is -2.19. The van der Waals surface area contributed by atoms with Crippen molar-refractivity contribution in [3.05, 3.63) is 40.4 Å². The van der Waals surface area contributed by atoms with Crippen LogP contribution in [0.5, 0.6) is 5.75 Å². The number of methoxy groups -OCH3 is 1. The Bertz CT molecular complexity index is 442. The SMILES string of the molecule is COc1ccc(Cl)cc1C(N)CC1=CCCCC1. The zero-order valence-electron chi connectivity index (χ0n) is 10.8. The molecule has 0 saturated carbocycles. The summed E-state index contributed by atoms with van der Waals surface area (Å²) in [5.41, 5.74) is 8.76. The molecule has 0 bridgehead atoms. The van der Waals surface area contributed by atoms with E-state index in [1.165, 1.54) is 31.3 Å². The van der Waals surface area contributed by atoms with Gasteiger partial charge >= 0.3 is 0 Å². The molecule has 98 valence electrons. The minimum absolute atomic E-state index is 0.0389. The zero-order chi connectivity index (χ0) is 13.0. The van der Waals surface area contributed by atoms with Gasteiger partial charge in [-0.2, -0.15) is 0 Å². The first-order valence-electron chi connectivity index (χ1n) is 6.47. The largest absolute Gasteiger partial charge is 0.496 e. The first kappa shape index (κ1) is 13.4. The van der Waals surface area contributed by atoms with E-state index in [2.05, 4.69) is 6.08 Å². The molecule has 2 N–H and O–H groups in total. The number of hydrogen-bond donors (Lipinski definition) is 1. The molecule has 2 nitrogen and oxygen atoms in total. The Hall–Kier alpha value is -0.990.